The van der Waals surface area contributed by atoms with Crippen molar-refractivity contribution in [2.75, 3.05) is 11.9 Å². The van der Waals surface area contributed by atoms with Gasteiger partial charge < -0.3 is 9.73 Å². The lowest BCUT2D eigenvalue weighted by molar-refractivity contribution is 0.102. The van der Waals surface area contributed by atoms with E-state index in [1.807, 2.05) is 38.1 Å². The van der Waals surface area contributed by atoms with Gasteiger partial charge in [-0.05, 0) is 51.9 Å². The SMILES string of the molecule is CCN(Cc1ccc(C(=O)Nc2ncnc3oc(C)c(C)c23)cc1)C(C)C. The molecule has 2 heterocycles. The van der Waals surface area contributed by atoms with Gasteiger partial charge in [0.25, 0.3) is 5.91 Å². The molecule has 0 atom stereocenters. The Bertz CT molecular complexity index is 945. The second-order valence-electron chi connectivity index (χ2n) is 6.99. The van der Waals surface area contributed by atoms with Gasteiger partial charge in [0, 0.05) is 23.7 Å². The van der Waals surface area contributed by atoms with Crippen molar-refractivity contribution in [3.63, 3.8) is 0 Å². The number of carbonyl (C=O) groups excluding carboxylic acids is 1. The molecule has 6 heteroatoms. The molecule has 0 spiro atoms. The van der Waals surface area contributed by atoms with E-state index in [1.54, 1.807) is 0 Å². The zero-order valence-corrected chi connectivity index (χ0v) is 16.5. The van der Waals surface area contributed by atoms with Gasteiger partial charge in [0.15, 0.2) is 0 Å². The van der Waals surface area contributed by atoms with Crippen LogP contribution in [-0.4, -0.2) is 33.4 Å². The number of rotatable bonds is 6. The van der Waals surface area contributed by atoms with Gasteiger partial charge >= 0.3 is 0 Å². The van der Waals surface area contributed by atoms with Gasteiger partial charge in [-0.1, -0.05) is 19.1 Å². The number of aromatic nitrogens is 2. The average Bonchev–Trinajstić information content (AvgIpc) is 2.95. The van der Waals surface area contributed by atoms with Crippen LogP contribution in [0.3, 0.4) is 0 Å². The zero-order chi connectivity index (χ0) is 19.6. The summed E-state index contributed by atoms with van der Waals surface area (Å²) < 4.78 is 5.60. The fourth-order valence-electron chi connectivity index (χ4n) is 3.11. The second-order valence-corrected chi connectivity index (χ2v) is 6.99. The first-order valence-corrected chi connectivity index (χ1v) is 9.25. The first-order valence-electron chi connectivity index (χ1n) is 9.25. The molecule has 0 aliphatic rings. The summed E-state index contributed by atoms with van der Waals surface area (Å²) in [5.74, 6) is 1.05. The number of benzene rings is 1. The number of amides is 1. The molecule has 6 nitrogen and oxygen atoms in total. The summed E-state index contributed by atoms with van der Waals surface area (Å²) in [7, 11) is 0. The van der Waals surface area contributed by atoms with Gasteiger partial charge in [-0.25, -0.2) is 9.97 Å². The number of nitrogens with one attached hydrogen (secondary N) is 1. The van der Waals surface area contributed by atoms with Gasteiger partial charge in [0.05, 0.1) is 5.39 Å². The summed E-state index contributed by atoms with van der Waals surface area (Å²) in [6.07, 6.45) is 1.40. The lowest BCUT2D eigenvalue weighted by Gasteiger charge is -2.24. The van der Waals surface area contributed by atoms with Crippen molar-refractivity contribution in [3.05, 3.63) is 53.0 Å². The Morgan fingerprint density at radius 2 is 1.89 bits per heavy atom. The molecule has 0 bridgehead atoms. The van der Waals surface area contributed by atoms with Crippen LogP contribution in [0.15, 0.2) is 35.0 Å². The average molecular weight is 366 g/mol. The van der Waals surface area contributed by atoms with E-state index in [4.69, 9.17) is 4.42 Å². The summed E-state index contributed by atoms with van der Waals surface area (Å²) in [5.41, 5.74) is 3.20. The van der Waals surface area contributed by atoms with Crippen LogP contribution in [0.4, 0.5) is 5.82 Å². The smallest absolute Gasteiger partial charge is 0.256 e. The standard InChI is InChI=1S/C21H26N4O2/c1-6-25(13(2)3)11-16-7-9-17(10-8-16)20(26)24-19-18-14(4)15(5)27-21(18)23-12-22-19/h7-10,12-13H,6,11H2,1-5H3,(H,22,23,24,26). The number of nitrogens with zero attached hydrogens (tertiary/aromatic N) is 3. The Morgan fingerprint density at radius 3 is 2.52 bits per heavy atom. The Hall–Kier alpha value is -2.73. The highest BCUT2D eigenvalue weighted by Crippen LogP contribution is 2.28. The molecule has 1 aromatic carbocycles. The van der Waals surface area contributed by atoms with E-state index in [1.165, 1.54) is 11.9 Å². The highest BCUT2D eigenvalue weighted by molar-refractivity contribution is 6.07. The Labute approximate surface area is 159 Å². The molecule has 0 aliphatic heterocycles. The summed E-state index contributed by atoms with van der Waals surface area (Å²) in [4.78, 5) is 23.4. The molecule has 0 saturated carbocycles. The number of fused-ring (bicyclic) bond motifs is 1. The first-order chi connectivity index (χ1) is 12.9. The molecule has 0 radical (unpaired) electrons. The van der Waals surface area contributed by atoms with Gasteiger partial charge in [-0.15, -0.1) is 0 Å². The predicted molar refractivity (Wildman–Crippen MR) is 107 cm³/mol. The molecule has 0 saturated heterocycles. The first kappa shape index (κ1) is 19.0. The fraction of sp³-hybridized carbons (Fsp3) is 0.381. The van der Waals surface area contributed by atoms with E-state index in [9.17, 15) is 4.79 Å². The van der Waals surface area contributed by atoms with E-state index in [0.717, 1.165) is 29.8 Å². The third-order valence-electron chi connectivity index (χ3n) is 4.94. The summed E-state index contributed by atoms with van der Waals surface area (Å²) in [6, 6.07) is 8.20. The second kappa shape index (κ2) is 7.88. The number of hydrogen-bond donors (Lipinski definition) is 1. The molecule has 1 amide bonds. The molecule has 27 heavy (non-hydrogen) atoms. The molecular formula is C21H26N4O2. The van der Waals surface area contributed by atoms with Crippen molar-refractivity contribution in [1.29, 1.82) is 0 Å². The quantitative estimate of drug-likeness (QED) is 0.703. The topological polar surface area (TPSA) is 71.3 Å². The van der Waals surface area contributed by atoms with Crippen molar-refractivity contribution in [1.82, 2.24) is 14.9 Å². The molecule has 142 valence electrons. The molecule has 3 rings (SSSR count). The number of carbonyl (C=O) groups is 1. The number of furan rings is 1. The molecule has 0 unspecified atom stereocenters. The third-order valence-corrected chi connectivity index (χ3v) is 4.94. The van der Waals surface area contributed by atoms with Crippen molar-refractivity contribution in [2.45, 2.75) is 47.2 Å². The summed E-state index contributed by atoms with van der Waals surface area (Å²) in [6.45, 7) is 12.2. The molecule has 0 aliphatic carbocycles. The molecule has 2 aromatic heterocycles. The van der Waals surface area contributed by atoms with Crippen LogP contribution < -0.4 is 5.32 Å². The summed E-state index contributed by atoms with van der Waals surface area (Å²) >= 11 is 0. The van der Waals surface area contributed by atoms with E-state index in [0.29, 0.717) is 23.1 Å². The highest BCUT2D eigenvalue weighted by Gasteiger charge is 2.16. The Kier molecular flexibility index (Phi) is 5.56. The monoisotopic (exact) mass is 366 g/mol. The van der Waals surface area contributed by atoms with E-state index in [-0.39, 0.29) is 5.91 Å². The fourth-order valence-corrected chi connectivity index (χ4v) is 3.11. The van der Waals surface area contributed by atoms with Crippen LogP contribution in [0, 0.1) is 13.8 Å². The molecule has 1 N–H and O–H groups in total. The van der Waals surface area contributed by atoms with Crippen LogP contribution in [0.2, 0.25) is 0 Å². The minimum atomic E-state index is -0.198. The van der Waals surface area contributed by atoms with Gasteiger partial charge in [-0.2, -0.15) is 0 Å². The lowest BCUT2D eigenvalue weighted by Crippen LogP contribution is -2.29. The number of aryl methyl sites for hydroxylation is 2. The van der Waals surface area contributed by atoms with Crippen LogP contribution >= 0.6 is 0 Å². The van der Waals surface area contributed by atoms with E-state index < -0.39 is 0 Å². The molecular weight excluding hydrogens is 340 g/mol. The predicted octanol–water partition coefficient (Wildman–Crippen LogP) is 4.32. The summed E-state index contributed by atoms with van der Waals surface area (Å²) in [5, 5.41) is 3.63. The maximum absolute atomic E-state index is 12.7. The van der Waals surface area contributed by atoms with Crippen LogP contribution in [0.5, 0.6) is 0 Å². The molecule has 0 fully saturated rings. The Morgan fingerprint density at radius 1 is 1.19 bits per heavy atom. The van der Waals surface area contributed by atoms with Gasteiger partial charge in [0.1, 0.15) is 17.9 Å². The van der Waals surface area contributed by atoms with Crippen molar-refractivity contribution in [3.8, 4) is 0 Å². The third kappa shape index (κ3) is 4.01. The largest absolute Gasteiger partial charge is 0.443 e. The van der Waals surface area contributed by atoms with E-state index in [2.05, 4.69) is 41.0 Å². The van der Waals surface area contributed by atoms with Crippen molar-refractivity contribution >= 4 is 22.8 Å². The minimum absolute atomic E-state index is 0.198. The Balaban J connectivity index is 1.77. The van der Waals surface area contributed by atoms with Gasteiger partial charge in [0.2, 0.25) is 5.71 Å². The number of anilines is 1. The highest BCUT2D eigenvalue weighted by atomic mass is 16.3. The van der Waals surface area contributed by atoms with Crippen molar-refractivity contribution < 1.29 is 9.21 Å². The zero-order valence-electron chi connectivity index (χ0n) is 16.5. The molecule has 3 aromatic rings. The van der Waals surface area contributed by atoms with E-state index >= 15 is 0 Å². The minimum Gasteiger partial charge on any atom is -0.443 e. The van der Waals surface area contributed by atoms with Crippen molar-refractivity contribution in [2.24, 2.45) is 0 Å². The lowest BCUT2D eigenvalue weighted by atomic mass is 10.1. The van der Waals surface area contributed by atoms with Crippen LogP contribution in [0.1, 0.15) is 48.0 Å². The maximum Gasteiger partial charge on any atom is 0.256 e. The van der Waals surface area contributed by atoms with Gasteiger partial charge in [-0.3, -0.25) is 9.69 Å². The van der Waals surface area contributed by atoms with Crippen LogP contribution in [0.25, 0.3) is 11.1 Å². The number of hydrogen-bond acceptors (Lipinski definition) is 5. The normalized spacial score (nSPS) is 11.5. The van der Waals surface area contributed by atoms with Crippen LogP contribution in [-0.2, 0) is 6.54 Å². The maximum atomic E-state index is 12.7.